The fourth-order valence-electron chi connectivity index (χ4n) is 2.42. The highest BCUT2D eigenvalue weighted by molar-refractivity contribution is 5.94. The topological polar surface area (TPSA) is 103 Å². The summed E-state index contributed by atoms with van der Waals surface area (Å²) in [5.74, 6) is 0.0257. The molecule has 3 rings (SSSR count). The van der Waals surface area contributed by atoms with Gasteiger partial charge in [0.1, 0.15) is 6.33 Å². The Hall–Kier alpha value is -3.29. The van der Waals surface area contributed by atoms with Crippen molar-refractivity contribution in [2.24, 2.45) is 0 Å². The van der Waals surface area contributed by atoms with Crippen molar-refractivity contribution >= 4 is 11.7 Å². The quantitative estimate of drug-likeness (QED) is 0.656. The third-order valence-corrected chi connectivity index (χ3v) is 3.61. The first-order chi connectivity index (χ1) is 12.1. The average Bonchev–Trinajstić information content (AvgIpc) is 3.29. The molecule has 0 saturated carbocycles. The van der Waals surface area contributed by atoms with E-state index in [9.17, 15) is 9.59 Å². The highest BCUT2D eigenvalue weighted by Gasteiger charge is 2.15. The summed E-state index contributed by atoms with van der Waals surface area (Å²) in [7, 11) is 0. The summed E-state index contributed by atoms with van der Waals surface area (Å²) in [5.41, 5.74) is 1.67. The van der Waals surface area contributed by atoms with Gasteiger partial charge in [0.2, 0.25) is 5.91 Å². The van der Waals surface area contributed by atoms with Crippen LogP contribution in [0, 0.1) is 0 Å². The summed E-state index contributed by atoms with van der Waals surface area (Å²) < 4.78 is 6.59. The average molecular weight is 339 g/mol. The number of hydrogen-bond donors (Lipinski definition) is 1. The van der Waals surface area contributed by atoms with Crippen LogP contribution in [0.15, 0.2) is 53.4 Å². The summed E-state index contributed by atoms with van der Waals surface area (Å²) in [5, 5.41) is 13.8. The van der Waals surface area contributed by atoms with Crippen LogP contribution in [0.5, 0.6) is 0 Å². The molecule has 0 fully saturated rings. The number of ketones is 1. The van der Waals surface area contributed by atoms with Crippen LogP contribution in [0.25, 0.3) is 5.69 Å². The molecule has 0 aliphatic rings. The van der Waals surface area contributed by atoms with E-state index in [1.807, 2.05) is 24.3 Å². The molecule has 0 bridgehead atoms. The molecule has 3 aromatic rings. The molecule has 1 amide bonds. The second kappa shape index (κ2) is 7.52. The SMILES string of the molecule is C[C@@H](CC(=O)c1ccco1)NC(=O)Cc1ccc(-n2cnnn2)cc1. The van der Waals surface area contributed by atoms with Crippen LogP contribution in [0.4, 0.5) is 0 Å². The molecule has 1 atom stereocenters. The van der Waals surface area contributed by atoms with Gasteiger partial charge in [-0.05, 0) is 47.2 Å². The number of nitrogens with zero attached hydrogens (tertiary/aromatic N) is 4. The molecule has 2 aromatic heterocycles. The van der Waals surface area contributed by atoms with Crippen molar-refractivity contribution in [1.82, 2.24) is 25.5 Å². The molecule has 0 saturated heterocycles. The minimum absolute atomic E-state index is 0.136. The predicted octanol–water partition coefficient (Wildman–Crippen LogP) is 1.58. The summed E-state index contributed by atoms with van der Waals surface area (Å²) in [6.45, 7) is 1.79. The van der Waals surface area contributed by atoms with Gasteiger partial charge in [-0.15, -0.1) is 5.10 Å². The molecule has 0 aliphatic carbocycles. The lowest BCUT2D eigenvalue weighted by atomic mass is 10.1. The van der Waals surface area contributed by atoms with Gasteiger partial charge in [-0.25, -0.2) is 4.68 Å². The molecule has 0 unspecified atom stereocenters. The molecular formula is C17H17N5O3. The van der Waals surface area contributed by atoms with E-state index < -0.39 is 0 Å². The van der Waals surface area contributed by atoms with Crippen molar-refractivity contribution in [1.29, 1.82) is 0 Å². The largest absolute Gasteiger partial charge is 0.461 e. The number of nitrogens with one attached hydrogen (secondary N) is 1. The van der Waals surface area contributed by atoms with Gasteiger partial charge in [-0.3, -0.25) is 9.59 Å². The van der Waals surface area contributed by atoms with Crippen LogP contribution in [0.2, 0.25) is 0 Å². The molecule has 0 aliphatic heterocycles. The van der Waals surface area contributed by atoms with Crippen LogP contribution in [-0.2, 0) is 11.2 Å². The Morgan fingerprint density at radius 1 is 1.24 bits per heavy atom. The van der Waals surface area contributed by atoms with E-state index in [0.29, 0.717) is 5.76 Å². The zero-order valence-corrected chi connectivity index (χ0v) is 13.6. The van der Waals surface area contributed by atoms with Gasteiger partial charge < -0.3 is 9.73 Å². The molecule has 25 heavy (non-hydrogen) atoms. The minimum Gasteiger partial charge on any atom is -0.461 e. The van der Waals surface area contributed by atoms with E-state index in [-0.39, 0.29) is 30.6 Å². The number of furan rings is 1. The van der Waals surface area contributed by atoms with Crippen LogP contribution in [0.3, 0.4) is 0 Å². The number of amides is 1. The highest BCUT2D eigenvalue weighted by Crippen LogP contribution is 2.09. The second-order valence-corrected chi connectivity index (χ2v) is 5.67. The maximum atomic E-state index is 12.1. The number of carbonyl (C=O) groups is 2. The van der Waals surface area contributed by atoms with Gasteiger partial charge in [0.15, 0.2) is 11.5 Å². The monoisotopic (exact) mass is 339 g/mol. The van der Waals surface area contributed by atoms with Gasteiger partial charge in [-0.1, -0.05) is 12.1 Å². The molecule has 8 heteroatoms. The zero-order chi connectivity index (χ0) is 17.6. The maximum absolute atomic E-state index is 12.1. The fraction of sp³-hybridized carbons (Fsp3) is 0.235. The molecule has 0 spiro atoms. The molecule has 1 aromatic carbocycles. The Morgan fingerprint density at radius 3 is 2.68 bits per heavy atom. The third kappa shape index (κ3) is 4.37. The van der Waals surface area contributed by atoms with Gasteiger partial charge in [0.25, 0.3) is 0 Å². The van der Waals surface area contributed by atoms with Crippen LogP contribution in [-0.4, -0.2) is 37.9 Å². The Bertz CT molecular complexity index is 826. The Labute approximate surface area is 143 Å². The van der Waals surface area contributed by atoms with Gasteiger partial charge in [0.05, 0.1) is 18.4 Å². The summed E-state index contributed by atoms with van der Waals surface area (Å²) in [6, 6.07) is 10.4. The lowest BCUT2D eigenvalue weighted by Gasteiger charge is -2.12. The van der Waals surface area contributed by atoms with Crippen molar-refractivity contribution in [3.05, 3.63) is 60.3 Å². The van der Waals surface area contributed by atoms with Gasteiger partial charge >= 0.3 is 0 Å². The molecule has 128 valence electrons. The van der Waals surface area contributed by atoms with Crippen molar-refractivity contribution in [3.8, 4) is 5.69 Å². The highest BCUT2D eigenvalue weighted by atomic mass is 16.3. The van der Waals surface area contributed by atoms with Crippen LogP contribution < -0.4 is 5.32 Å². The van der Waals surface area contributed by atoms with E-state index >= 15 is 0 Å². The molecule has 8 nitrogen and oxygen atoms in total. The first kappa shape index (κ1) is 16.6. The summed E-state index contributed by atoms with van der Waals surface area (Å²) >= 11 is 0. The molecule has 2 heterocycles. The lowest BCUT2D eigenvalue weighted by Crippen LogP contribution is -2.35. The van der Waals surface area contributed by atoms with Crippen molar-refractivity contribution in [2.75, 3.05) is 0 Å². The van der Waals surface area contributed by atoms with E-state index in [0.717, 1.165) is 11.3 Å². The zero-order valence-electron chi connectivity index (χ0n) is 13.6. The van der Waals surface area contributed by atoms with Crippen molar-refractivity contribution in [3.63, 3.8) is 0 Å². The normalized spacial score (nSPS) is 11.9. The fourth-order valence-corrected chi connectivity index (χ4v) is 2.42. The lowest BCUT2D eigenvalue weighted by molar-refractivity contribution is -0.121. The van der Waals surface area contributed by atoms with E-state index in [4.69, 9.17) is 4.42 Å². The smallest absolute Gasteiger partial charge is 0.224 e. The van der Waals surface area contributed by atoms with Gasteiger partial charge in [-0.2, -0.15) is 0 Å². The van der Waals surface area contributed by atoms with Crippen molar-refractivity contribution < 1.29 is 14.0 Å². The van der Waals surface area contributed by atoms with Crippen LogP contribution in [0.1, 0.15) is 29.5 Å². The standard InChI is InChI=1S/C17H17N5O3/c1-12(9-15(23)16-3-2-8-25-16)19-17(24)10-13-4-6-14(7-5-13)22-11-18-20-21-22/h2-8,11-12H,9-10H2,1H3,(H,19,24)/t12-/m0/s1. The number of rotatable bonds is 7. The molecule has 1 N–H and O–H groups in total. The minimum atomic E-state index is -0.273. The first-order valence-corrected chi connectivity index (χ1v) is 7.80. The Kier molecular flexibility index (Phi) is 4.98. The Balaban J connectivity index is 1.51. The molecule has 0 radical (unpaired) electrons. The molecular weight excluding hydrogens is 322 g/mol. The third-order valence-electron chi connectivity index (χ3n) is 3.61. The predicted molar refractivity (Wildman–Crippen MR) is 88.1 cm³/mol. The number of Topliss-reactive ketones (excluding diaryl/α,β-unsaturated/α-hetero) is 1. The number of hydrogen-bond acceptors (Lipinski definition) is 6. The maximum Gasteiger partial charge on any atom is 0.224 e. The van der Waals surface area contributed by atoms with E-state index in [1.165, 1.54) is 17.3 Å². The van der Waals surface area contributed by atoms with E-state index in [1.54, 1.807) is 19.1 Å². The van der Waals surface area contributed by atoms with Crippen LogP contribution >= 0.6 is 0 Å². The second-order valence-electron chi connectivity index (χ2n) is 5.67. The first-order valence-electron chi connectivity index (χ1n) is 7.80. The van der Waals surface area contributed by atoms with Crippen molar-refractivity contribution in [2.45, 2.75) is 25.8 Å². The number of carbonyl (C=O) groups excluding carboxylic acids is 2. The summed E-state index contributed by atoms with van der Waals surface area (Å²) in [6.07, 6.45) is 3.38. The number of benzene rings is 1. The summed E-state index contributed by atoms with van der Waals surface area (Å²) in [4.78, 5) is 24.1. The number of tetrazole rings is 1. The number of aromatic nitrogens is 4. The van der Waals surface area contributed by atoms with Gasteiger partial charge in [0, 0.05) is 12.5 Å². The Morgan fingerprint density at radius 2 is 2.04 bits per heavy atom. The van der Waals surface area contributed by atoms with E-state index in [2.05, 4.69) is 20.8 Å².